The molecule has 1 N–H and O–H groups in total. The maximum absolute atomic E-state index is 12.3. The van der Waals surface area contributed by atoms with E-state index in [1.807, 2.05) is 18.2 Å². The highest BCUT2D eigenvalue weighted by molar-refractivity contribution is 9.10. The molecule has 0 aliphatic carbocycles. The average Bonchev–Trinajstić information content (AvgIpc) is 2.60. The van der Waals surface area contributed by atoms with Gasteiger partial charge in [0.2, 0.25) is 0 Å². The summed E-state index contributed by atoms with van der Waals surface area (Å²) >= 11 is 3.52. The third-order valence-electron chi connectivity index (χ3n) is 4.66. The quantitative estimate of drug-likeness (QED) is 0.614. The molecule has 0 bridgehead atoms. The summed E-state index contributed by atoms with van der Waals surface area (Å²) in [5.74, 6) is 1.02. The lowest BCUT2D eigenvalue weighted by Crippen LogP contribution is -2.32. The topological polar surface area (TPSA) is 38.3 Å². The molecule has 0 aliphatic heterocycles. The van der Waals surface area contributed by atoms with Crippen molar-refractivity contribution in [3.05, 3.63) is 63.1 Å². The predicted octanol–water partition coefficient (Wildman–Crippen LogP) is 5.84. The van der Waals surface area contributed by atoms with Gasteiger partial charge in [-0.1, -0.05) is 45.0 Å². The fourth-order valence-corrected chi connectivity index (χ4v) is 3.29. The highest BCUT2D eigenvalue weighted by Gasteiger charge is 2.14. The maximum Gasteiger partial charge on any atom is 0.258 e. The van der Waals surface area contributed by atoms with Gasteiger partial charge in [0.15, 0.2) is 6.61 Å². The van der Waals surface area contributed by atoms with Gasteiger partial charge in [0, 0.05) is 0 Å². The Kier molecular flexibility index (Phi) is 7.27. The van der Waals surface area contributed by atoms with Gasteiger partial charge in [0.1, 0.15) is 5.75 Å². The van der Waals surface area contributed by atoms with E-state index in [1.54, 1.807) is 0 Å². The SMILES string of the molecule is CC[C@H](NC(=O)COc1ccc(C(C)C)cc1Br)c1ccc(C)c(C)c1. The highest BCUT2D eigenvalue weighted by Crippen LogP contribution is 2.29. The third kappa shape index (κ3) is 5.34. The Hall–Kier alpha value is -1.81. The van der Waals surface area contributed by atoms with Crippen LogP contribution in [0.4, 0.5) is 0 Å². The van der Waals surface area contributed by atoms with Gasteiger partial charge in [0.25, 0.3) is 5.91 Å². The first-order valence-electron chi connectivity index (χ1n) is 9.10. The minimum Gasteiger partial charge on any atom is -0.483 e. The molecule has 0 unspecified atom stereocenters. The van der Waals surface area contributed by atoms with E-state index in [0.29, 0.717) is 11.7 Å². The summed E-state index contributed by atoms with van der Waals surface area (Å²) in [5, 5.41) is 3.07. The Morgan fingerprint density at radius 3 is 2.35 bits per heavy atom. The van der Waals surface area contributed by atoms with Gasteiger partial charge in [-0.2, -0.15) is 0 Å². The number of halogens is 1. The second kappa shape index (κ2) is 9.22. The number of benzene rings is 2. The molecule has 0 radical (unpaired) electrons. The molecule has 4 heteroatoms. The number of rotatable bonds is 7. The first-order chi connectivity index (χ1) is 12.3. The Morgan fingerprint density at radius 1 is 1.08 bits per heavy atom. The molecular weight excluding hydrogens is 390 g/mol. The van der Waals surface area contributed by atoms with Crippen LogP contribution in [0.2, 0.25) is 0 Å². The van der Waals surface area contributed by atoms with Crippen LogP contribution in [0, 0.1) is 13.8 Å². The van der Waals surface area contributed by atoms with Gasteiger partial charge in [-0.25, -0.2) is 0 Å². The first kappa shape index (κ1) is 20.5. The van der Waals surface area contributed by atoms with Crippen molar-refractivity contribution in [2.45, 2.75) is 53.0 Å². The van der Waals surface area contributed by atoms with Gasteiger partial charge >= 0.3 is 0 Å². The summed E-state index contributed by atoms with van der Waals surface area (Å²) in [6.45, 7) is 10.5. The standard InChI is InChI=1S/C22H28BrNO2/c1-6-20(18-8-7-15(4)16(5)11-18)24-22(25)13-26-21-10-9-17(14(2)3)12-19(21)23/h7-12,14,20H,6,13H2,1-5H3,(H,24,25)/t20-/m0/s1. The second-order valence-corrected chi connectivity index (χ2v) is 7.86. The van der Waals surface area contributed by atoms with Crippen LogP contribution in [0.1, 0.15) is 61.4 Å². The molecule has 140 valence electrons. The summed E-state index contributed by atoms with van der Waals surface area (Å²) in [6.07, 6.45) is 0.834. The van der Waals surface area contributed by atoms with Gasteiger partial charge in [-0.15, -0.1) is 0 Å². The zero-order valence-electron chi connectivity index (χ0n) is 16.2. The van der Waals surface area contributed by atoms with E-state index >= 15 is 0 Å². The number of carbonyl (C=O) groups is 1. The monoisotopic (exact) mass is 417 g/mol. The van der Waals surface area contributed by atoms with Crippen LogP contribution in [0.3, 0.4) is 0 Å². The molecule has 0 saturated carbocycles. The van der Waals surface area contributed by atoms with Crippen LogP contribution in [0.15, 0.2) is 40.9 Å². The fourth-order valence-electron chi connectivity index (χ4n) is 2.78. The van der Waals surface area contributed by atoms with E-state index in [4.69, 9.17) is 4.74 Å². The molecule has 0 aromatic heterocycles. The molecule has 0 spiro atoms. The van der Waals surface area contributed by atoms with Crippen LogP contribution in [0.5, 0.6) is 5.75 Å². The summed E-state index contributed by atoms with van der Waals surface area (Å²) in [4.78, 5) is 12.3. The third-order valence-corrected chi connectivity index (χ3v) is 5.28. The lowest BCUT2D eigenvalue weighted by atomic mass is 9.99. The predicted molar refractivity (Wildman–Crippen MR) is 111 cm³/mol. The van der Waals surface area contributed by atoms with Gasteiger partial charge in [0.05, 0.1) is 10.5 Å². The van der Waals surface area contributed by atoms with E-state index < -0.39 is 0 Å². The van der Waals surface area contributed by atoms with Crippen molar-refractivity contribution < 1.29 is 9.53 Å². The van der Waals surface area contributed by atoms with Crippen LogP contribution < -0.4 is 10.1 Å². The molecule has 26 heavy (non-hydrogen) atoms. The lowest BCUT2D eigenvalue weighted by molar-refractivity contribution is -0.123. The molecule has 3 nitrogen and oxygen atoms in total. The molecule has 0 heterocycles. The number of hydrogen-bond donors (Lipinski definition) is 1. The molecule has 0 aliphatic rings. The summed E-state index contributed by atoms with van der Waals surface area (Å²) in [7, 11) is 0. The van der Waals surface area contributed by atoms with Gasteiger partial charge in [-0.05, 0) is 76.5 Å². The smallest absolute Gasteiger partial charge is 0.258 e. The number of ether oxygens (including phenoxy) is 1. The number of aryl methyl sites for hydroxylation is 2. The van der Waals surface area contributed by atoms with Crippen molar-refractivity contribution in [3.63, 3.8) is 0 Å². The summed E-state index contributed by atoms with van der Waals surface area (Å²) < 4.78 is 6.57. The van der Waals surface area contributed by atoms with E-state index in [1.165, 1.54) is 16.7 Å². The summed E-state index contributed by atoms with van der Waals surface area (Å²) in [5.41, 5.74) is 4.86. The van der Waals surface area contributed by atoms with Crippen molar-refractivity contribution in [2.24, 2.45) is 0 Å². The van der Waals surface area contributed by atoms with Crippen molar-refractivity contribution in [1.29, 1.82) is 0 Å². The Balaban J connectivity index is 1.98. The van der Waals surface area contributed by atoms with E-state index in [2.05, 4.69) is 74.1 Å². The largest absolute Gasteiger partial charge is 0.483 e. The second-order valence-electron chi connectivity index (χ2n) is 7.01. The Bertz CT molecular complexity index is 771. The Labute approximate surface area is 165 Å². The van der Waals surface area contributed by atoms with Gasteiger partial charge in [-0.3, -0.25) is 4.79 Å². The van der Waals surface area contributed by atoms with Crippen molar-refractivity contribution >= 4 is 21.8 Å². The molecule has 2 aromatic carbocycles. The lowest BCUT2D eigenvalue weighted by Gasteiger charge is -2.19. The van der Waals surface area contributed by atoms with E-state index in [-0.39, 0.29) is 18.6 Å². The van der Waals surface area contributed by atoms with Crippen LogP contribution in [-0.4, -0.2) is 12.5 Å². The number of hydrogen-bond acceptors (Lipinski definition) is 2. The summed E-state index contributed by atoms with van der Waals surface area (Å²) in [6, 6.07) is 12.3. The molecule has 1 amide bonds. The number of amides is 1. The molecule has 2 rings (SSSR count). The normalized spacial score (nSPS) is 12.1. The zero-order chi connectivity index (χ0) is 19.3. The average molecular weight is 418 g/mol. The van der Waals surface area contributed by atoms with E-state index in [0.717, 1.165) is 16.5 Å². The number of nitrogens with one attached hydrogen (secondary N) is 1. The first-order valence-corrected chi connectivity index (χ1v) is 9.89. The fraction of sp³-hybridized carbons (Fsp3) is 0.409. The van der Waals surface area contributed by atoms with Crippen LogP contribution in [-0.2, 0) is 4.79 Å². The molecule has 0 fully saturated rings. The van der Waals surface area contributed by atoms with Crippen molar-refractivity contribution in [2.75, 3.05) is 6.61 Å². The van der Waals surface area contributed by atoms with E-state index in [9.17, 15) is 4.79 Å². The van der Waals surface area contributed by atoms with Crippen LogP contribution in [0.25, 0.3) is 0 Å². The Morgan fingerprint density at radius 2 is 1.77 bits per heavy atom. The number of carbonyl (C=O) groups excluding carboxylic acids is 1. The minimum atomic E-state index is -0.116. The molecule has 0 saturated heterocycles. The molecular formula is C22H28BrNO2. The molecule has 1 atom stereocenters. The maximum atomic E-state index is 12.3. The van der Waals surface area contributed by atoms with Crippen LogP contribution >= 0.6 is 15.9 Å². The minimum absolute atomic E-state index is 0.000961. The van der Waals surface area contributed by atoms with Crippen molar-refractivity contribution in [1.82, 2.24) is 5.32 Å². The zero-order valence-corrected chi connectivity index (χ0v) is 17.8. The highest BCUT2D eigenvalue weighted by atomic mass is 79.9. The van der Waals surface area contributed by atoms with Crippen molar-refractivity contribution in [3.8, 4) is 5.75 Å². The van der Waals surface area contributed by atoms with Gasteiger partial charge < -0.3 is 10.1 Å². The molecule has 2 aromatic rings.